The SMILES string of the molecule is Cc1ncc(COP(=O)(O)O)c(/C=N/Nc2ccc3ccccc3n2)c1O. The van der Waals surface area contributed by atoms with Crippen molar-refractivity contribution in [1.82, 2.24) is 9.97 Å². The Balaban J connectivity index is 1.82. The van der Waals surface area contributed by atoms with E-state index in [2.05, 4.69) is 25.0 Å². The minimum absolute atomic E-state index is 0.154. The minimum atomic E-state index is -4.65. The summed E-state index contributed by atoms with van der Waals surface area (Å²) in [6, 6.07) is 11.3. The molecule has 0 unspecified atom stereocenters. The third-order valence-corrected chi connectivity index (χ3v) is 4.18. The van der Waals surface area contributed by atoms with Crippen molar-refractivity contribution in [2.24, 2.45) is 5.10 Å². The number of phosphoric ester groups is 1. The summed E-state index contributed by atoms with van der Waals surface area (Å²) < 4.78 is 15.4. The van der Waals surface area contributed by atoms with Crippen LogP contribution in [0.15, 0.2) is 47.7 Å². The van der Waals surface area contributed by atoms with Gasteiger partial charge in [0.05, 0.1) is 24.0 Å². The lowest BCUT2D eigenvalue weighted by Gasteiger charge is -2.10. The van der Waals surface area contributed by atoms with Crippen LogP contribution < -0.4 is 5.43 Å². The van der Waals surface area contributed by atoms with Crippen molar-refractivity contribution < 1.29 is 24.0 Å². The number of nitrogens with zero attached hydrogens (tertiary/aromatic N) is 3. The zero-order valence-electron chi connectivity index (χ0n) is 14.3. The van der Waals surface area contributed by atoms with Crippen LogP contribution in [0.2, 0.25) is 0 Å². The number of aromatic hydroxyl groups is 1. The molecule has 3 rings (SSSR count). The second kappa shape index (κ2) is 7.81. The molecule has 0 aliphatic carbocycles. The second-order valence-electron chi connectivity index (χ2n) is 5.65. The number of anilines is 1. The van der Waals surface area contributed by atoms with Gasteiger partial charge in [-0.25, -0.2) is 9.55 Å². The highest BCUT2D eigenvalue weighted by atomic mass is 31.2. The van der Waals surface area contributed by atoms with Gasteiger partial charge in [0.15, 0.2) is 0 Å². The zero-order valence-corrected chi connectivity index (χ0v) is 15.2. The molecular formula is C17H17N4O5P. The number of aromatic nitrogens is 2. The highest BCUT2D eigenvalue weighted by Crippen LogP contribution is 2.37. The first-order valence-corrected chi connectivity index (χ1v) is 9.39. The molecule has 0 saturated heterocycles. The molecule has 27 heavy (non-hydrogen) atoms. The Kier molecular flexibility index (Phi) is 5.48. The molecule has 1 aromatic carbocycles. The Labute approximate surface area is 154 Å². The van der Waals surface area contributed by atoms with Gasteiger partial charge in [-0.15, -0.1) is 0 Å². The Morgan fingerprint density at radius 3 is 2.81 bits per heavy atom. The van der Waals surface area contributed by atoms with Crippen molar-refractivity contribution in [3.05, 3.63) is 59.4 Å². The van der Waals surface area contributed by atoms with Gasteiger partial charge < -0.3 is 14.9 Å². The maximum absolute atomic E-state index is 10.9. The Morgan fingerprint density at radius 1 is 1.26 bits per heavy atom. The number of phosphoric acid groups is 1. The first-order valence-electron chi connectivity index (χ1n) is 7.86. The van der Waals surface area contributed by atoms with E-state index in [0.29, 0.717) is 11.5 Å². The lowest BCUT2D eigenvalue weighted by molar-refractivity contribution is 0.188. The number of para-hydroxylation sites is 1. The van der Waals surface area contributed by atoms with Crippen molar-refractivity contribution in [3.8, 4) is 5.75 Å². The van der Waals surface area contributed by atoms with Crippen molar-refractivity contribution in [1.29, 1.82) is 0 Å². The molecular weight excluding hydrogens is 371 g/mol. The van der Waals surface area contributed by atoms with Crippen molar-refractivity contribution in [3.63, 3.8) is 0 Å². The van der Waals surface area contributed by atoms with E-state index in [4.69, 9.17) is 9.79 Å². The fourth-order valence-electron chi connectivity index (χ4n) is 2.36. The van der Waals surface area contributed by atoms with E-state index >= 15 is 0 Å². The second-order valence-corrected chi connectivity index (χ2v) is 6.89. The van der Waals surface area contributed by atoms with Crippen LogP contribution in [0.25, 0.3) is 10.9 Å². The molecule has 0 saturated carbocycles. The number of nitrogens with one attached hydrogen (secondary N) is 1. The standard InChI is InChI=1S/C17H17N4O5P/c1-11-17(22)14(13(8-18-11)10-26-27(23,24)25)9-19-21-16-7-6-12-4-2-3-5-15(12)20-16/h2-9,22H,10H2,1H3,(H,20,21)(H2,23,24,25)/b19-9+. The summed E-state index contributed by atoms with van der Waals surface area (Å²) in [6.07, 6.45) is 2.68. The van der Waals surface area contributed by atoms with Gasteiger partial charge in [-0.3, -0.25) is 14.9 Å². The molecule has 0 aliphatic rings. The van der Waals surface area contributed by atoms with Gasteiger partial charge in [-0.05, 0) is 25.1 Å². The van der Waals surface area contributed by atoms with E-state index in [1.165, 1.54) is 12.4 Å². The molecule has 0 atom stereocenters. The quantitative estimate of drug-likeness (QED) is 0.287. The average molecular weight is 388 g/mol. The molecule has 140 valence electrons. The van der Waals surface area contributed by atoms with Gasteiger partial charge in [-0.1, -0.05) is 18.2 Å². The summed E-state index contributed by atoms with van der Waals surface area (Å²) in [5.41, 5.74) is 4.43. The molecule has 4 N–H and O–H groups in total. The lowest BCUT2D eigenvalue weighted by atomic mass is 10.1. The molecule has 0 amide bonds. The summed E-state index contributed by atoms with van der Waals surface area (Å²) in [7, 11) is -4.65. The number of fused-ring (bicyclic) bond motifs is 1. The third-order valence-electron chi connectivity index (χ3n) is 3.72. The molecule has 0 fully saturated rings. The molecule has 2 heterocycles. The number of pyridine rings is 2. The molecule has 0 bridgehead atoms. The first kappa shape index (κ1) is 18.9. The number of hydrogen-bond acceptors (Lipinski definition) is 7. The number of hydrogen-bond donors (Lipinski definition) is 4. The molecule has 2 aromatic heterocycles. The number of hydrazone groups is 1. The van der Waals surface area contributed by atoms with Crippen LogP contribution in [0.1, 0.15) is 16.8 Å². The topological polar surface area (TPSA) is 137 Å². The fraction of sp³-hybridized carbons (Fsp3) is 0.118. The summed E-state index contributed by atoms with van der Waals surface area (Å²) in [4.78, 5) is 26.1. The van der Waals surface area contributed by atoms with Crippen LogP contribution in [0.5, 0.6) is 5.75 Å². The van der Waals surface area contributed by atoms with E-state index in [1.54, 1.807) is 13.0 Å². The van der Waals surface area contributed by atoms with Crippen LogP contribution in [0.3, 0.4) is 0 Å². The van der Waals surface area contributed by atoms with Gasteiger partial charge in [-0.2, -0.15) is 5.10 Å². The highest BCUT2D eigenvalue weighted by molar-refractivity contribution is 7.46. The highest BCUT2D eigenvalue weighted by Gasteiger charge is 2.17. The predicted molar refractivity (Wildman–Crippen MR) is 100 cm³/mol. The number of rotatable bonds is 6. The molecule has 3 aromatic rings. The van der Waals surface area contributed by atoms with Crippen LogP contribution in [-0.2, 0) is 15.7 Å². The molecule has 9 nitrogen and oxygen atoms in total. The summed E-state index contributed by atoms with van der Waals surface area (Å²) in [5, 5.41) is 15.2. The predicted octanol–water partition coefficient (Wildman–Crippen LogP) is 2.70. The largest absolute Gasteiger partial charge is 0.505 e. The van der Waals surface area contributed by atoms with Gasteiger partial charge in [0, 0.05) is 22.7 Å². The summed E-state index contributed by atoms with van der Waals surface area (Å²) in [5.74, 6) is 0.349. The van der Waals surface area contributed by atoms with Crippen LogP contribution >= 0.6 is 7.82 Å². The number of aryl methyl sites for hydroxylation is 1. The normalized spacial score (nSPS) is 12.0. The Bertz CT molecular complexity index is 1050. The maximum atomic E-state index is 10.9. The smallest absolute Gasteiger partial charge is 0.469 e. The molecule has 0 radical (unpaired) electrons. The summed E-state index contributed by atoms with van der Waals surface area (Å²) in [6.45, 7) is 1.17. The van der Waals surface area contributed by atoms with E-state index in [-0.39, 0.29) is 16.9 Å². The van der Waals surface area contributed by atoms with Gasteiger partial charge in [0.25, 0.3) is 0 Å². The van der Waals surface area contributed by atoms with Gasteiger partial charge in [0.2, 0.25) is 0 Å². The van der Waals surface area contributed by atoms with Gasteiger partial charge in [0.1, 0.15) is 11.6 Å². The van der Waals surface area contributed by atoms with Crippen molar-refractivity contribution >= 4 is 30.8 Å². The van der Waals surface area contributed by atoms with Crippen LogP contribution in [0.4, 0.5) is 5.82 Å². The van der Waals surface area contributed by atoms with E-state index in [0.717, 1.165) is 10.9 Å². The van der Waals surface area contributed by atoms with Gasteiger partial charge >= 0.3 is 7.82 Å². The van der Waals surface area contributed by atoms with Crippen LogP contribution in [-0.4, -0.2) is 31.1 Å². The van der Waals surface area contributed by atoms with Crippen molar-refractivity contribution in [2.45, 2.75) is 13.5 Å². The van der Waals surface area contributed by atoms with E-state index in [1.807, 2.05) is 30.3 Å². The Morgan fingerprint density at radius 2 is 2.04 bits per heavy atom. The molecule has 0 spiro atoms. The minimum Gasteiger partial charge on any atom is -0.505 e. The lowest BCUT2D eigenvalue weighted by Crippen LogP contribution is -2.02. The van der Waals surface area contributed by atoms with E-state index in [9.17, 15) is 9.67 Å². The Hall–Kier alpha value is -2.84. The third kappa shape index (κ3) is 4.87. The maximum Gasteiger partial charge on any atom is 0.469 e. The average Bonchev–Trinajstić information content (AvgIpc) is 2.63. The number of benzene rings is 1. The fourth-order valence-corrected chi connectivity index (χ4v) is 2.66. The molecule has 0 aliphatic heterocycles. The molecule has 10 heteroatoms. The zero-order chi connectivity index (χ0) is 19.4. The summed E-state index contributed by atoms with van der Waals surface area (Å²) >= 11 is 0. The first-order chi connectivity index (χ1) is 12.8. The van der Waals surface area contributed by atoms with Crippen LogP contribution in [0, 0.1) is 6.92 Å². The monoisotopic (exact) mass is 388 g/mol. The van der Waals surface area contributed by atoms with E-state index < -0.39 is 14.4 Å². The van der Waals surface area contributed by atoms with Crippen molar-refractivity contribution in [2.75, 3.05) is 5.43 Å².